The minimum atomic E-state index is -0.275. The van der Waals surface area contributed by atoms with Crippen molar-refractivity contribution in [3.63, 3.8) is 0 Å². The number of halogens is 1. The lowest BCUT2D eigenvalue weighted by atomic mass is 10.1. The van der Waals surface area contributed by atoms with Crippen LogP contribution in [0.2, 0.25) is 0 Å². The molecule has 1 aromatic carbocycles. The highest BCUT2D eigenvalue weighted by Crippen LogP contribution is 2.20. The van der Waals surface area contributed by atoms with Crippen molar-refractivity contribution >= 4 is 33.2 Å². The topological polar surface area (TPSA) is 77.1 Å². The second-order valence-corrected chi connectivity index (χ2v) is 5.76. The van der Waals surface area contributed by atoms with Crippen molar-refractivity contribution in [3.8, 4) is 0 Å². The van der Waals surface area contributed by atoms with E-state index in [0.29, 0.717) is 16.9 Å². The van der Waals surface area contributed by atoms with E-state index in [1.807, 2.05) is 6.92 Å². The Bertz CT molecular complexity index is 753. The molecule has 0 saturated heterocycles. The number of hydrogen-bond acceptors (Lipinski definition) is 3. The Morgan fingerprint density at radius 1 is 1.38 bits per heavy atom. The van der Waals surface area contributed by atoms with E-state index in [9.17, 15) is 9.59 Å². The molecule has 1 aromatic heterocycles. The fourth-order valence-corrected chi connectivity index (χ4v) is 2.58. The number of hydrogen-bond donors (Lipinski definition) is 2. The number of nitrogens with one attached hydrogen (secondary N) is 1. The molecule has 0 unspecified atom stereocenters. The van der Waals surface area contributed by atoms with Crippen LogP contribution in [0, 0.1) is 13.8 Å². The van der Waals surface area contributed by atoms with E-state index in [1.165, 1.54) is 4.57 Å². The molecule has 2 rings (SSSR count). The SMILES string of the molecule is Cc1c(N)cccc1NC(=O)Cn1cc(Br)cc(C)c1=O. The van der Waals surface area contributed by atoms with Gasteiger partial charge in [-0.3, -0.25) is 9.59 Å². The molecule has 0 atom stereocenters. The number of nitrogens with two attached hydrogens (primary N) is 1. The number of nitrogen functional groups attached to an aromatic ring is 1. The summed E-state index contributed by atoms with van der Waals surface area (Å²) in [4.78, 5) is 24.1. The van der Waals surface area contributed by atoms with Crippen LogP contribution >= 0.6 is 15.9 Å². The second kappa shape index (κ2) is 6.13. The molecule has 5 nitrogen and oxygen atoms in total. The van der Waals surface area contributed by atoms with E-state index in [4.69, 9.17) is 5.73 Å². The molecule has 110 valence electrons. The number of benzene rings is 1. The summed E-state index contributed by atoms with van der Waals surface area (Å²) < 4.78 is 2.13. The van der Waals surface area contributed by atoms with Gasteiger partial charge < -0.3 is 15.6 Å². The molecule has 2 aromatic rings. The van der Waals surface area contributed by atoms with E-state index in [1.54, 1.807) is 37.4 Å². The molecule has 0 aliphatic heterocycles. The van der Waals surface area contributed by atoms with Gasteiger partial charge in [-0.25, -0.2) is 0 Å². The fraction of sp³-hybridized carbons (Fsp3) is 0.200. The number of amides is 1. The summed E-state index contributed by atoms with van der Waals surface area (Å²) in [5.74, 6) is -0.275. The number of rotatable bonds is 3. The molecular formula is C15H16BrN3O2. The summed E-state index contributed by atoms with van der Waals surface area (Å²) in [5.41, 5.74) is 8.27. The van der Waals surface area contributed by atoms with Gasteiger partial charge in [0.1, 0.15) is 6.54 Å². The third-order valence-corrected chi connectivity index (χ3v) is 3.63. The maximum atomic E-state index is 12.1. The molecule has 6 heteroatoms. The largest absolute Gasteiger partial charge is 0.398 e. The fourth-order valence-electron chi connectivity index (χ4n) is 1.99. The molecule has 0 bridgehead atoms. The number of carbonyl (C=O) groups excluding carboxylic acids is 1. The first-order chi connectivity index (χ1) is 9.88. The van der Waals surface area contributed by atoms with Crippen LogP contribution in [-0.2, 0) is 11.3 Å². The number of pyridine rings is 1. The van der Waals surface area contributed by atoms with E-state index in [0.717, 1.165) is 10.0 Å². The predicted octanol–water partition coefficient (Wildman–Crippen LogP) is 2.45. The van der Waals surface area contributed by atoms with Crippen molar-refractivity contribution in [2.24, 2.45) is 0 Å². The number of nitrogens with zero attached hydrogens (tertiary/aromatic N) is 1. The highest BCUT2D eigenvalue weighted by Gasteiger charge is 2.09. The Morgan fingerprint density at radius 2 is 2.10 bits per heavy atom. The Morgan fingerprint density at radius 3 is 2.81 bits per heavy atom. The van der Waals surface area contributed by atoms with Crippen molar-refractivity contribution in [2.45, 2.75) is 20.4 Å². The van der Waals surface area contributed by atoms with Crippen LogP contribution < -0.4 is 16.6 Å². The van der Waals surface area contributed by atoms with Gasteiger partial charge in [0.25, 0.3) is 5.56 Å². The van der Waals surface area contributed by atoms with Crippen molar-refractivity contribution in [3.05, 3.63) is 56.4 Å². The van der Waals surface area contributed by atoms with Crippen LogP contribution in [0.25, 0.3) is 0 Å². The van der Waals surface area contributed by atoms with Gasteiger partial charge >= 0.3 is 0 Å². The van der Waals surface area contributed by atoms with E-state index in [-0.39, 0.29) is 18.0 Å². The maximum absolute atomic E-state index is 12.1. The molecule has 0 fully saturated rings. The van der Waals surface area contributed by atoms with Crippen LogP contribution in [0.3, 0.4) is 0 Å². The van der Waals surface area contributed by atoms with Crippen molar-refractivity contribution < 1.29 is 4.79 Å². The Kier molecular flexibility index (Phi) is 4.47. The van der Waals surface area contributed by atoms with Gasteiger partial charge in [-0.15, -0.1) is 0 Å². The minimum Gasteiger partial charge on any atom is -0.398 e. The number of carbonyl (C=O) groups is 1. The van der Waals surface area contributed by atoms with Crippen LogP contribution in [0.15, 0.2) is 39.7 Å². The zero-order chi connectivity index (χ0) is 15.6. The number of aromatic nitrogens is 1. The summed E-state index contributed by atoms with van der Waals surface area (Å²) in [5, 5.41) is 2.77. The smallest absolute Gasteiger partial charge is 0.253 e. The van der Waals surface area contributed by atoms with Gasteiger partial charge in [-0.05, 0) is 53.5 Å². The van der Waals surface area contributed by atoms with Gasteiger partial charge in [-0.1, -0.05) is 6.07 Å². The molecule has 1 heterocycles. The zero-order valence-corrected chi connectivity index (χ0v) is 13.4. The normalized spacial score (nSPS) is 10.4. The molecule has 0 saturated carbocycles. The monoisotopic (exact) mass is 349 g/mol. The molecule has 3 N–H and O–H groups in total. The van der Waals surface area contributed by atoms with Crippen molar-refractivity contribution in [2.75, 3.05) is 11.1 Å². The highest BCUT2D eigenvalue weighted by molar-refractivity contribution is 9.10. The molecule has 0 radical (unpaired) electrons. The summed E-state index contributed by atoms with van der Waals surface area (Å²) in [7, 11) is 0. The van der Waals surface area contributed by atoms with Crippen molar-refractivity contribution in [1.82, 2.24) is 4.57 Å². The first-order valence-electron chi connectivity index (χ1n) is 6.40. The second-order valence-electron chi connectivity index (χ2n) is 4.84. The minimum absolute atomic E-state index is 0.0483. The molecule has 21 heavy (non-hydrogen) atoms. The Hall–Kier alpha value is -2.08. The molecule has 0 aliphatic carbocycles. The van der Waals surface area contributed by atoms with E-state index < -0.39 is 0 Å². The average Bonchev–Trinajstić information content (AvgIpc) is 2.40. The van der Waals surface area contributed by atoms with Gasteiger partial charge in [-0.2, -0.15) is 0 Å². The standard InChI is InChI=1S/C15H16BrN3O2/c1-9-6-11(16)7-19(15(9)21)8-14(20)18-13-5-3-4-12(17)10(13)2/h3-7H,8,17H2,1-2H3,(H,18,20). The van der Waals surface area contributed by atoms with Crippen LogP contribution in [0.4, 0.5) is 11.4 Å². The Labute approximate surface area is 130 Å². The number of anilines is 2. The van der Waals surface area contributed by atoms with Gasteiger partial charge in [0.15, 0.2) is 0 Å². The summed E-state index contributed by atoms with van der Waals surface area (Å²) in [6.07, 6.45) is 1.60. The van der Waals surface area contributed by atoms with Gasteiger partial charge in [0.05, 0.1) is 0 Å². The third-order valence-electron chi connectivity index (χ3n) is 3.20. The lowest BCUT2D eigenvalue weighted by Crippen LogP contribution is -2.28. The Balaban J connectivity index is 2.20. The summed E-state index contributed by atoms with van der Waals surface area (Å²) in [6, 6.07) is 7.04. The third kappa shape index (κ3) is 3.52. The zero-order valence-electron chi connectivity index (χ0n) is 11.8. The lowest BCUT2D eigenvalue weighted by Gasteiger charge is -2.11. The number of aryl methyl sites for hydroxylation is 1. The molecule has 0 spiro atoms. The van der Waals surface area contributed by atoms with E-state index in [2.05, 4.69) is 21.2 Å². The molecule has 1 amide bonds. The maximum Gasteiger partial charge on any atom is 0.253 e. The quantitative estimate of drug-likeness (QED) is 0.835. The highest BCUT2D eigenvalue weighted by atomic mass is 79.9. The van der Waals surface area contributed by atoms with Crippen molar-refractivity contribution in [1.29, 1.82) is 0 Å². The first-order valence-corrected chi connectivity index (χ1v) is 7.19. The van der Waals surface area contributed by atoms with Crippen LogP contribution in [0.1, 0.15) is 11.1 Å². The first kappa shape index (κ1) is 15.3. The van der Waals surface area contributed by atoms with E-state index >= 15 is 0 Å². The molecule has 0 aliphatic rings. The molecular weight excluding hydrogens is 334 g/mol. The average molecular weight is 350 g/mol. The predicted molar refractivity (Wildman–Crippen MR) is 87.4 cm³/mol. The summed E-state index contributed by atoms with van der Waals surface area (Å²) in [6.45, 7) is 3.50. The van der Waals surface area contributed by atoms with Gasteiger partial charge in [0, 0.05) is 27.6 Å². The van der Waals surface area contributed by atoms with Crippen LogP contribution in [0.5, 0.6) is 0 Å². The van der Waals surface area contributed by atoms with Crippen LogP contribution in [-0.4, -0.2) is 10.5 Å². The lowest BCUT2D eigenvalue weighted by molar-refractivity contribution is -0.116. The summed E-state index contributed by atoms with van der Waals surface area (Å²) >= 11 is 3.32. The van der Waals surface area contributed by atoms with Gasteiger partial charge in [0.2, 0.25) is 5.91 Å².